The SMILES string of the molecule is COCc1cc(N=Nc2ccc(S(=O)(=O)[O-])cc2)ccc1NCS(=O)(=O)[O-].[Na+].[Na+]. The smallest absolute Gasteiger partial charge is 0.747 e. The van der Waals surface area contributed by atoms with Crippen LogP contribution in [0.3, 0.4) is 0 Å². The van der Waals surface area contributed by atoms with E-state index in [1.807, 2.05) is 0 Å². The molecular formula is C15H15N3Na2O7S2. The van der Waals surface area contributed by atoms with Crippen LogP contribution in [0.2, 0.25) is 0 Å². The van der Waals surface area contributed by atoms with Gasteiger partial charge in [-0.15, -0.1) is 0 Å². The number of benzene rings is 2. The average molecular weight is 459 g/mol. The van der Waals surface area contributed by atoms with Crippen LogP contribution in [0.4, 0.5) is 17.1 Å². The molecule has 146 valence electrons. The first-order valence-corrected chi connectivity index (χ1v) is 10.3. The van der Waals surface area contributed by atoms with Crippen LogP contribution in [-0.4, -0.2) is 38.9 Å². The van der Waals surface area contributed by atoms with Crippen LogP contribution in [0.1, 0.15) is 5.56 Å². The van der Waals surface area contributed by atoms with Crippen molar-refractivity contribution >= 4 is 37.3 Å². The van der Waals surface area contributed by atoms with Gasteiger partial charge in [-0.1, -0.05) is 0 Å². The maximum atomic E-state index is 10.9. The van der Waals surface area contributed by atoms with Crippen molar-refractivity contribution < 1.29 is 89.8 Å². The van der Waals surface area contributed by atoms with Crippen LogP contribution < -0.4 is 64.4 Å². The minimum Gasteiger partial charge on any atom is -0.747 e. The third-order valence-corrected chi connectivity index (χ3v) is 4.58. The van der Waals surface area contributed by atoms with E-state index in [0.717, 1.165) is 12.1 Å². The summed E-state index contributed by atoms with van der Waals surface area (Å²) in [6.45, 7) is 0.140. The summed E-state index contributed by atoms with van der Waals surface area (Å²) in [4.78, 5) is -0.368. The molecule has 0 unspecified atom stereocenters. The molecule has 0 heterocycles. The number of anilines is 1. The molecule has 0 saturated heterocycles. The molecule has 0 atom stereocenters. The van der Waals surface area contributed by atoms with E-state index < -0.39 is 26.1 Å². The second kappa shape index (κ2) is 12.5. The number of hydrogen-bond donors (Lipinski definition) is 1. The average Bonchev–Trinajstić information content (AvgIpc) is 2.58. The molecule has 0 fully saturated rings. The molecule has 0 aliphatic rings. The molecule has 0 bridgehead atoms. The van der Waals surface area contributed by atoms with Crippen LogP contribution >= 0.6 is 0 Å². The Kier molecular flexibility index (Phi) is 12.3. The molecule has 29 heavy (non-hydrogen) atoms. The van der Waals surface area contributed by atoms with E-state index in [1.54, 1.807) is 12.1 Å². The Morgan fingerprint density at radius 2 is 1.48 bits per heavy atom. The fourth-order valence-corrected chi connectivity index (χ4v) is 2.85. The van der Waals surface area contributed by atoms with E-state index in [2.05, 4.69) is 15.5 Å². The molecule has 2 aromatic carbocycles. The second-order valence-electron chi connectivity index (χ2n) is 5.30. The van der Waals surface area contributed by atoms with Gasteiger partial charge in [0.05, 0.1) is 22.9 Å². The molecule has 0 aliphatic carbocycles. The van der Waals surface area contributed by atoms with Crippen molar-refractivity contribution in [1.82, 2.24) is 0 Å². The standard InChI is InChI=1S/C15H17N3O7S2.2Na/c1-25-9-11-8-13(4-7-15(11)16-10-26(19,20)21)18-17-12-2-5-14(6-3-12)27(22,23)24;;/h2-8,16H,9-10H2,1H3,(H,19,20,21)(H,22,23,24);;/q;2*+1/p-2. The van der Waals surface area contributed by atoms with Crippen LogP contribution in [0.5, 0.6) is 0 Å². The van der Waals surface area contributed by atoms with E-state index in [4.69, 9.17) is 4.74 Å². The van der Waals surface area contributed by atoms with Crippen molar-refractivity contribution in [2.45, 2.75) is 11.5 Å². The molecular weight excluding hydrogens is 444 g/mol. The maximum Gasteiger partial charge on any atom is 1.00 e. The fraction of sp³-hybridized carbons (Fsp3) is 0.200. The Morgan fingerprint density at radius 3 is 2.00 bits per heavy atom. The van der Waals surface area contributed by atoms with Gasteiger partial charge in [-0.2, -0.15) is 10.2 Å². The summed E-state index contributed by atoms with van der Waals surface area (Å²) >= 11 is 0. The molecule has 2 aromatic rings. The number of azo groups is 1. The topological polar surface area (TPSA) is 160 Å². The Hall–Kier alpha value is -0.380. The zero-order chi connectivity index (χ0) is 20.1. The first-order valence-electron chi connectivity index (χ1n) is 7.35. The Labute approximate surface area is 213 Å². The van der Waals surface area contributed by atoms with Crippen molar-refractivity contribution in [3.05, 3.63) is 48.0 Å². The quantitative estimate of drug-likeness (QED) is 0.238. The fourth-order valence-electron chi connectivity index (χ4n) is 2.05. The molecule has 0 aliphatic heterocycles. The molecule has 2 rings (SSSR count). The monoisotopic (exact) mass is 459 g/mol. The molecule has 0 aromatic heterocycles. The predicted octanol–water partition coefficient (Wildman–Crippen LogP) is -3.92. The van der Waals surface area contributed by atoms with Gasteiger partial charge in [0.15, 0.2) is 0 Å². The van der Waals surface area contributed by atoms with E-state index in [1.165, 1.54) is 25.3 Å². The van der Waals surface area contributed by atoms with Crippen molar-refractivity contribution in [2.24, 2.45) is 10.2 Å². The van der Waals surface area contributed by atoms with Gasteiger partial charge in [-0.05, 0) is 42.5 Å². The number of nitrogens with one attached hydrogen (secondary N) is 1. The van der Waals surface area contributed by atoms with Crippen molar-refractivity contribution in [1.29, 1.82) is 0 Å². The van der Waals surface area contributed by atoms with Gasteiger partial charge in [0.2, 0.25) is 0 Å². The first-order chi connectivity index (χ1) is 12.6. The van der Waals surface area contributed by atoms with Crippen LogP contribution in [-0.2, 0) is 31.6 Å². The summed E-state index contributed by atoms with van der Waals surface area (Å²) in [5, 5.41) is 10.5. The second-order valence-corrected chi connectivity index (χ2v) is 8.08. The summed E-state index contributed by atoms with van der Waals surface area (Å²) < 4.78 is 69.9. The van der Waals surface area contributed by atoms with Gasteiger partial charge in [0.25, 0.3) is 0 Å². The molecule has 0 amide bonds. The summed E-state index contributed by atoms with van der Waals surface area (Å²) in [7, 11) is -7.51. The zero-order valence-corrected chi connectivity index (χ0v) is 21.7. The summed E-state index contributed by atoms with van der Waals surface area (Å²) in [6.07, 6.45) is 0. The molecule has 1 N–H and O–H groups in total. The zero-order valence-electron chi connectivity index (χ0n) is 16.0. The molecule has 14 heteroatoms. The van der Waals surface area contributed by atoms with Gasteiger partial charge >= 0.3 is 59.1 Å². The number of rotatable bonds is 8. The molecule has 0 radical (unpaired) electrons. The summed E-state index contributed by atoms with van der Waals surface area (Å²) in [5.41, 5.74) is 1.71. The Morgan fingerprint density at radius 1 is 0.931 bits per heavy atom. The number of methoxy groups -OCH3 is 1. The van der Waals surface area contributed by atoms with Crippen LogP contribution in [0, 0.1) is 0 Å². The third kappa shape index (κ3) is 9.98. The summed E-state index contributed by atoms with van der Waals surface area (Å²) in [6, 6.07) is 9.58. The third-order valence-electron chi connectivity index (χ3n) is 3.23. The van der Waals surface area contributed by atoms with E-state index in [0.29, 0.717) is 22.6 Å². The van der Waals surface area contributed by atoms with Crippen molar-refractivity contribution in [3.8, 4) is 0 Å². The molecule has 0 spiro atoms. The van der Waals surface area contributed by atoms with Gasteiger partial charge < -0.3 is 19.2 Å². The predicted molar refractivity (Wildman–Crippen MR) is 93.9 cm³/mol. The Bertz CT molecular complexity index is 1040. The van der Waals surface area contributed by atoms with Gasteiger partial charge in [0.1, 0.15) is 26.1 Å². The molecule has 0 saturated carbocycles. The minimum atomic E-state index is -4.53. The number of ether oxygens (including phenoxy) is 1. The van der Waals surface area contributed by atoms with E-state index in [-0.39, 0.29) is 70.6 Å². The van der Waals surface area contributed by atoms with E-state index >= 15 is 0 Å². The van der Waals surface area contributed by atoms with E-state index in [9.17, 15) is 25.9 Å². The normalized spacial score (nSPS) is 11.6. The number of nitrogens with zero attached hydrogens (tertiary/aromatic N) is 2. The molecule has 10 nitrogen and oxygen atoms in total. The maximum absolute atomic E-state index is 10.9. The summed E-state index contributed by atoms with van der Waals surface area (Å²) in [5.74, 6) is -0.764. The van der Waals surface area contributed by atoms with Crippen molar-refractivity contribution in [3.63, 3.8) is 0 Å². The van der Waals surface area contributed by atoms with Gasteiger partial charge in [-0.3, -0.25) is 0 Å². The first kappa shape index (κ1) is 28.6. The number of hydrogen-bond acceptors (Lipinski definition) is 10. The van der Waals surface area contributed by atoms with Gasteiger partial charge in [-0.25, -0.2) is 16.8 Å². The van der Waals surface area contributed by atoms with Crippen molar-refractivity contribution in [2.75, 3.05) is 18.3 Å². The minimum absolute atomic E-state index is 0. The Balaban J connectivity index is 0.00000392. The van der Waals surface area contributed by atoms with Gasteiger partial charge in [0, 0.05) is 18.4 Å². The van der Waals surface area contributed by atoms with Crippen LogP contribution in [0.15, 0.2) is 57.6 Å². The largest absolute Gasteiger partial charge is 1.00 e. The van der Waals surface area contributed by atoms with Crippen LogP contribution in [0.25, 0.3) is 0 Å².